The lowest BCUT2D eigenvalue weighted by Crippen LogP contribution is -2.44. The number of sulfonamides is 1. The highest BCUT2D eigenvalue weighted by Gasteiger charge is 2.33. The van der Waals surface area contributed by atoms with Crippen LogP contribution in [0.25, 0.3) is 0 Å². The van der Waals surface area contributed by atoms with Gasteiger partial charge in [-0.2, -0.15) is 0 Å². The highest BCUT2D eigenvalue weighted by molar-refractivity contribution is 8.06. The van der Waals surface area contributed by atoms with Crippen molar-refractivity contribution in [1.82, 2.24) is 4.72 Å². The van der Waals surface area contributed by atoms with Crippen molar-refractivity contribution in [2.75, 3.05) is 11.3 Å². The van der Waals surface area contributed by atoms with E-state index in [1.165, 1.54) is 0 Å². The molecule has 0 amide bonds. The predicted molar refractivity (Wildman–Crippen MR) is 69.8 cm³/mol. The Labute approximate surface area is 113 Å². The lowest BCUT2D eigenvalue weighted by atomic mass is 9.96. The van der Waals surface area contributed by atoms with Crippen LogP contribution in [-0.4, -0.2) is 45.3 Å². The zero-order chi connectivity index (χ0) is 14.7. The molecule has 0 spiro atoms. The topological polar surface area (TPSA) is 118 Å². The van der Waals surface area contributed by atoms with Gasteiger partial charge < -0.3 is 5.11 Å². The van der Waals surface area contributed by atoms with E-state index in [0.717, 1.165) is 25.5 Å². The molecule has 9 heteroatoms. The summed E-state index contributed by atoms with van der Waals surface area (Å²) in [4.78, 5) is 11.1. The van der Waals surface area contributed by atoms with Gasteiger partial charge in [-0.05, 0) is 12.8 Å². The van der Waals surface area contributed by atoms with Crippen molar-refractivity contribution in [1.29, 1.82) is 0 Å². The minimum absolute atomic E-state index is 0.404. The van der Waals surface area contributed by atoms with E-state index in [1.807, 2.05) is 0 Å². The second kappa shape index (κ2) is 6.19. The van der Waals surface area contributed by atoms with Crippen LogP contribution in [0.15, 0.2) is 0 Å². The van der Waals surface area contributed by atoms with Gasteiger partial charge in [0.15, 0.2) is 14.9 Å². The molecule has 1 saturated carbocycles. The zero-order valence-corrected chi connectivity index (χ0v) is 12.3. The molecular weight excluding hydrogens is 294 g/mol. The van der Waals surface area contributed by atoms with Gasteiger partial charge in [-0.3, -0.25) is 4.79 Å². The molecule has 1 aliphatic rings. The summed E-state index contributed by atoms with van der Waals surface area (Å²) in [6.45, 7) is 0. The molecule has 1 fully saturated rings. The van der Waals surface area contributed by atoms with Crippen molar-refractivity contribution in [3.63, 3.8) is 0 Å². The molecule has 0 heterocycles. The van der Waals surface area contributed by atoms with Gasteiger partial charge in [0.25, 0.3) is 0 Å². The Morgan fingerprint density at radius 1 is 1.16 bits per heavy atom. The van der Waals surface area contributed by atoms with Crippen LogP contribution in [0.3, 0.4) is 0 Å². The number of hydrogen-bond acceptors (Lipinski definition) is 5. The first-order valence-electron chi connectivity index (χ1n) is 6.01. The van der Waals surface area contributed by atoms with Gasteiger partial charge in [-0.1, -0.05) is 19.3 Å². The van der Waals surface area contributed by atoms with Gasteiger partial charge >= 0.3 is 5.97 Å². The third-order valence-electron chi connectivity index (χ3n) is 3.03. The summed E-state index contributed by atoms with van der Waals surface area (Å²) < 4.78 is 47.7. The van der Waals surface area contributed by atoms with Gasteiger partial charge in [-0.15, -0.1) is 0 Å². The average Bonchev–Trinajstić information content (AvgIpc) is 2.38. The second-order valence-corrected chi connectivity index (χ2v) is 9.22. The van der Waals surface area contributed by atoms with Crippen molar-refractivity contribution < 1.29 is 26.7 Å². The average molecular weight is 313 g/mol. The maximum absolute atomic E-state index is 11.7. The maximum Gasteiger partial charge on any atom is 0.308 e. The summed E-state index contributed by atoms with van der Waals surface area (Å²) in [5, 5.41) is 8.10. The van der Waals surface area contributed by atoms with E-state index in [0.29, 0.717) is 12.8 Å². The fraction of sp³-hybridized carbons (Fsp3) is 0.900. The number of nitrogens with one attached hydrogen (secondary N) is 1. The van der Waals surface area contributed by atoms with Gasteiger partial charge in [-0.25, -0.2) is 21.6 Å². The van der Waals surface area contributed by atoms with Crippen molar-refractivity contribution in [2.45, 2.75) is 38.1 Å². The van der Waals surface area contributed by atoms with E-state index >= 15 is 0 Å². The number of carboxylic acid groups (broad SMARTS) is 1. The molecule has 0 aromatic heterocycles. The maximum atomic E-state index is 11.7. The highest BCUT2D eigenvalue weighted by atomic mass is 32.3. The molecule has 0 aliphatic heterocycles. The smallest absolute Gasteiger partial charge is 0.308 e. The Balaban J connectivity index is 2.84. The second-order valence-electron chi connectivity index (χ2n) is 4.97. The molecule has 112 valence electrons. The van der Waals surface area contributed by atoms with E-state index in [2.05, 4.69) is 4.72 Å². The van der Waals surface area contributed by atoms with Crippen LogP contribution in [-0.2, 0) is 24.7 Å². The zero-order valence-electron chi connectivity index (χ0n) is 10.7. The van der Waals surface area contributed by atoms with Crippen LogP contribution >= 0.6 is 0 Å². The Hall–Kier alpha value is -0.670. The Kier molecular flexibility index (Phi) is 5.34. The fourth-order valence-electron chi connectivity index (χ4n) is 2.29. The highest BCUT2D eigenvalue weighted by Crippen LogP contribution is 2.24. The summed E-state index contributed by atoms with van der Waals surface area (Å²) in [6, 6.07) is -0.730. The molecule has 0 saturated heterocycles. The molecule has 7 nitrogen and oxygen atoms in total. The van der Waals surface area contributed by atoms with E-state index in [4.69, 9.17) is 5.11 Å². The number of carboxylic acids is 1. The Morgan fingerprint density at radius 3 is 2.26 bits per heavy atom. The van der Waals surface area contributed by atoms with Crippen LogP contribution in [0, 0.1) is 5.92 Å². The van der Waals surface area contributed by atoms with Crippen molar-refractivity contribution in [2.24, 2.45) is 5.92 Å². The molecule has 2 atom stereocenters. The van der Waals surface area contributed by atoms with Gasteiger partial charge in [0, 0.05) is 12.3 Å². The Bertz CT molecular complexity index is 524. The predicted octanol–water partition coefficient (Wildman–Crippen LogP) is -0.0586. The Morgan fingerprint density at radius 2 is 1.74 bits per heavy atom. The summed E-state index contributed by atoms with van der Waals surface area (Å²) in [5.41, 5.74) is 0. The van der Waals surface area contributed by atoms with Crippen LogP contribution in [0.2, 0.25) is 0 Å². The van der Waals surface area contributed by atoms with Crippen molar-refractivity contribution >= 4 is 25.8 Å². The van der Waals surface area contributed by atoms with Crippen LogP contribution in [0.4, 0.5) is 0 Å². The van der Waals surface area contributed by atoms with E-state index in [9.17, 15) is 21.6 Å². The summed E-state index contributed by atoms with van der Waals surface area (Å²) in [6.07, 6.45) is 3.97. The van der Waals surface area contributed by atoms with Crippen LogP contribution in [0.1, 0.15) is 32.1 Å². The third-order valence-corrected chi connectivity index (χ3v) is 6.65. The first-order chi connectivity index (χ1) is 8.61. The molecular formula is C10H19NO6S2. The summed E-state index contributed by atoms with van der Waals surface area (Å²) >= 11 is 0. The summed E-state index contributed by atoms with van der Waals surface area (Å²) in [5.74, 6) is -1.84. The molecule has 2 unspecified atom stereocenters. The molecule has 0 aromatic rings. The van der Waals surface area contributed by atoms with Gasteiger partial charge in [0.1, 0.15) is 0 Å². The van der Waals surface area contributed by atoms with Crippen LogP contribution < -0.4 is 4.72 Å². The lowest BCUT2D eigenvalue weighted by molar-refractivity contribution is -0.142. The third kappa shape index (κ3) is 5.87. The molecule has 0 radical (unpaired) electrons. The number of rotatable bonds is 5. The largest absolute Gasteiger partial charge is 0.481 e. The number of sulfone groups is 1. The number of hydrogen-bond donors (Lipinski definition) is 2. The van der Waals surface area contributed by atoms with E-state index in [1.54, 1.807) is 0 Å². The minimum Gasteiger partial charge on any atom is -0.481 e. The van der Waals surface area contributed by atoms with Gasteiger partial charge in [0.2, 0.25) is 10.0 Å². The lowest BCUT2D eigenvalue weighted by Gasteiger charge is -2.22. The van der Waals surface area contributed by atoms with E-state index < -0.39 is 42.9 Å². The van der Waals surface area contributed by atoms with Gasteiger partial charge in [0.05, 0.1) is 5.92 Å². The molecule has 19 heavy (non-hydrogen) atoms. The standard InChI is InChI=1S/C10H19NO6S2/c1-18(14,15)7-19(16,17)11-9-6-4-2-3-5-8(9)10(12)13/h8-9,11H,2-7H2,1H3,(H,12,13). The fourth-order valence-corrected chi connectivity index (χ4v) is 5.56. The first-order valence-corrected chi connectivity index (χ1v) is 9.72. The van der Waals surface area contributed by atoms with Crippen molar-refractivity contribution in [3.8, 4) is 0 Å². The molecule has 0 aromatic carbocycles. The van der Waals surface area contributed by atoms with Crippen LogP contribution in [0.5, 0.6) is 0 Å². The number of carbonyl (C=O) groups is 1. The first kappa shape index (κ1) is 16.4. The van der Waals surface area contributed by atoms with Crippen molar-refractivity contribution in [3.05, 3.63) is 0 Å². The van der Waals surface area contributed by atoms with E-state index in [-0.39, 0.29) is 0 Å². The monoisotopic (exact) mass is 313 g/mol. The number of aliphatic carboxylic acids is 1. The molecule has 1 rings (SSSR count). The molecule has 0 bridgehead atoms. The molecule has 2 N–H and O–H groups in total. The quantitative estimate of drug-likeness (QED) is 0.687. The molecule has 1 aliphatic carbocycles. The normalized spacial score (nSPS) is 25.7. The minimum atomic E-state index is -4.02. The SMILES string of the molecule is CS(=O)(=O)CS(=O)(=O)NC1CCCCCC1C(=O)O. The summed E-state index contributed by atoms with van der Waals surface area (Å²) in [7, 11) is -7.70.